The van der Waals surface area contributed by atoms with Crippen molar-refractivity contribution in [3.8, 4) is 5.75 Å². The summed E-state index contributed by atoms with van der Waals surface area (Å²) in [5.74, 6) is 0.960. The predicted molar refractivity (Wildman–Crippen MR) is 149 cm³/mol. The van der Waals surface area contributed by atoms with E-state index in [0.717, 1.165) is 36.9 Å². The van der Waals surface area contributed by atoms with Crippen molar-refractivity contribution in [1.82, 2.24) is 15.2 Å². The van der Waals surface area contributed by atoms with E-state index in [1.54, 1.807) is 19.4 Å². The highest BCUT2D eigenvalue weighted by Gasteiger charge is 2.43. The van der Waals surface area contributed by atoms with E-state index >= 15 is 0 Å². The van der Waals surface area contributed by atoms with Crippen molar-refractivity contribution in [2.75, 3.05) is 25.5 Å². The fourth-order valence-electron chi connectivity index (χ4n) is 6.03. The molecule has 12 heteroatoms. The molecule has 5 nitrogen and oxygen atoms in total. The van der Waals surface area contributed by atoms with Crippen molar-refractivity contribution in [1.29, 1.82) is 0 Å². The second-order valence-corrected chi connectivity index (χ2v) is 10.8. The molecule has 218 valence electrons. The van der Waals surface area contributed by atoms with Crippen LogP contribution in [0.25, 0.3) is 10.9 Å². The molecular weight excluding hydrogens is 566 g/mol. The van der Waals surface area contributed by atoms with E-state index in [-0.39, 0.29) is 23.1 Å². The molecule has 0 spiro atoms. The number of alkyl halides is 6. The van der Waals surface area contributed by atoms with Crippen LogP contribution >= 0.6 is 12.2 Å². The van der Waals surface area contributed by atoms with Crippen LogP contribution in [0.1, 0.15) is 35.6 Å². The van der Waals surface area contributed by atoms with Crippen LogP contribution in [-0.2, 0) is 12.4 Å². The topological polar surface area (TPSA) is 49.4 Å². The average molecular weight is 595 g/mol. The lowest BCUT2D eigenvalue weighted by molar-refractivity contribution is -0.143. The van der Waals surface area contributed by atoms with Gasteiger partial charge in [-0.1, -0.05) is 6.08 Å². The van der Waals surface area contributed by atoms with Gasteiger partial charge in [0.15, 0.2) is 5.11 Å². The number of pyridine rings is 1. The van der Waals surface area contributed by atoms with E-state index in [4.69, 9.17) is 17.0 Å². The third kappa shape index (κ3) is 6.13. The highest BCUT2D eigenvalue weighted by Crippen LogP contribution is 2.44. The summed E-state index contributed by atoms with van der Waals surface area (Å²) in [6.07, 6.45) is -4.49. The summed E-state index contributed by atoms with van der Waals surface area (Å²) in [6, 6.07) is 8.50. The third-order valence-corrected chi connectivity index (χ3v) is 8.22. The maximum Gasteiger partial charge on any atom is 0.416 e. The minimum absolute atomic E-state index is 0.0451. The maximum absolute atomic E-state index is 13.4. The molecule has 3 aromatic rings. The monoisotopic (exact) mass is 594 g/mol. The van der Waals surface area contributed by atoms with Crippen LogP contribution in [0.5, 0.6) is 5.75 Å². The molecule has 41 heavy (non-hydrogen) atoms. The molecule has 0 amide bonds. The largest absolute Gasteiger partial charge is 0.497 e. The number of fused-ring (bicyclic) bond motifs is 4. The first kappa shape index (κ1) is 29.1. The number of benzene rings is 2. The Labute approximate surface area is 238 Å². The molecule has 6 rings (SSSR count). The Kier molecular flexibility index (Phi) is 7.90. The second kappa shape index (κ2) is 11.1. The van der Waals surface area contributed by atoms with E-state index in [1.807, 2.05) is 24.3 Å². The number of hydrogen-bond acceptors (Lipinski definition) is 4. The second-order valence-electron chi connectivity index (χ2n) is 10.4. The maximum atomic E-state index is 13.4. The quantitative estimate of drug-likeness (QED) is 0.179. The summed E-state index contributed by atoms with van der Waals surface area (Å²) < 4.78 is 86.0. The van der Waals surface area contributed by atoms with Gasteiger partial charge in [-0.15, -0.1) is 6.58 Å². The predicted octanol–water partition coefficient (Wildman–Crippen LogP) is 7.21. The summed E-state index contributed by atoms with van der Waals surface area (Å²) in [4.78, 5) is 6.80. The van der Waals surface area contributed by atoms with Gasteiger partial charge in [0.1, 0.15) is 5.75 Å². The van der Waals surface area contributed by atoms with Crippen LogP contribution in [0.15, 0.2) is 61.3 Å². The first-order valence-corrected chi connectivity index (χ1v) is 13.4. The highest BCUT2D eigenvalue weighted by atomic mass is 32.1. The van der Waals surface area contributed by atoms with Crippen LogP contribution in [0.2, 0.25) is 0 Å². The molecule has 3 aliphatic heterocycles. The van der Waals surface area contributed by atoms with Gasteiger partial charge in [0, 0.05) is 29.9 Å². The van der Waals surface area contributed by atoms with E-state index in [1.165, 1.54) is 0 Å². The Hall–Kier alpha value is -3.38. The number of aromatic nitrogens is 1. The molecule has 1 aromatic heterocycles. The zero-order chi connectivity index (χ0) is 29.5. The Bertz CT molecular complexity index is 1430. The average Bonchev–Trinajstić information content (AvgIpc) is 2.94. The van der Waals surface area contributed by atoms with Crippen LogP contribution < -0.4 is 15.4 Å². The van der Waals surface area contributed by atoms with E-state index < -0.39 is 35.2 Å². The van der Waals surface area contributed by atoms with Crippen molar-refractivity contribution in [3.05, 3.63) is 78.0 Å². The molecule has 2 bridgehead atoms. The number of nitrogens with zero attached hydrogens (tertiary/aromatic N) is 2. The lowest BCUT2D eigenvalue weighted by Crippen LogP contribution is -2.56. The number of nitrogens with one attached hydrogen (secondary N) is 2. The zero-order valence-corrected chi connectivity index (χ0v) is 22.8. The standard InChI is InChI=1S/C29H28F6N4OS/c1-3-20-10-16-7-9-39(20)15-24(16)26(22-6-8-36-25-5-4-21(40-2)14-23(22)25)38-27(41)37-19-12-17(28(30,31)32)11-18(13-19)29(33,34)35/h3-6,8,11-14,16,20,24,26H,1,7,9-10,15H2,2H3,(H2,37,38,41)/t16?,20?,24?,26-/m0/s1. The number of rotatable bonds is 6. The smallest absolute Gasteiger partial charge is 0.416 e. The van der Waals surface area contributed by atoms with Crippen LogP contribution in [0, 0.1) is 11.8 Å². The Morgan fingerprint density at radius 3 is 2.39 bits per heavy atom. The molecule has 0 saturated carbocycles. The van der Waals surface area contributed by atoms with Gasteiger partial charge in [0.25, 0.3) is 0 Å². The number of piperidine rings is 3. The van der Waals surface area contributed by atoms with Gasteiger partial charge in [0.2, 0.25) is 0 Å². The number of ether oxygens (including phenoxy) is 1. The van der Waals surface area contributed by atoms with E-state index in [9.17, 15) is 26.3 Å². The third-order valence-electron chi connectivity index (χ3n) is 8.00. The molecule has 0 radical (unpaired) electrons. The fraction of sp³-hybridized carbons (Fsp3) is 0.379. The summed E-state index contributed by atoms with van der Waals surface area (Å²) in [6.45, 7) is 5.60. The first-order chi connectivity index (χ1) is 19.4. The molecule has 2 N–H and O–H groups in total. The van der Waals surface area contributed by atoms with Gasteiger partial charge in [0.05, 0.1) is 29.8 Å². The molecular formula is C29H28F6N4OS. The lowest BCUT2D eigenvalue weighted by atomic mass is 9.70. The van der Waals surface area contributed by atoms with Gasteiger partial charge in [-0.3, -0.25) is 9.88 Å². The Balaban J connectivity index is 1.51. The zero-order valence-electron chi connectivity index (χ0n) is 22.0. The Morgan fingerprint density at radius 1 is 1.10 bits per heavy atom. The van der Waals surface area contributed by atoms with Crippen LogP contribution in [0.3, 0.4) is 0 Å². The molecule has 3 saturated heterocycles. The minimum atomic E-state index is -4.97. The van der Waals surface area contributed by atoms with Crippen molar-refractivity contribution in [3.63, 3.8) is 0 Å². The fourth-order valence-corrected chi connectivity index (χ4v) is 6.27. The number of thiocarbonyl (C=S) groups is 1. The molecule has 5 atom stereocenters. The van der Waals surface area contributed by atoms with E-state index in [0.29, 0.717) is 29.3 Å². The van der Waals surface area contributed by atoms with Crippen LogP contribution in [-0.4, -0.2) is 41.2 Å². The SMILES string of the molecule is C=CC1CC2CCN1CC2[C@@H](NC(=S)Nc1cc(C(F)(F)F)cc(C(F)(F)F)c1)c1ccnc2ccc(OC)cc12. The van der Waals surface area contributed by atoms with Crippen LogP contribution in [0.4, 0.5) is 32.0 Å². The van der Waals surface area contributed by atoms with Gasteiger partial charge in [-0.2, -0.15) is 26.3 Å². The Morgan fingerprint density at radius 2 is 1.80 bits per heavy atom. The first-order valence-electron chi connectivity index (χ1n) is 13.0. The van der Waals surface area contributed by atoms with Crippen molar-refractivity contribution in [2.24, 2.45) is 11.8 Å². The van der Waals surface area contributed by atoms with Gasteiger partial charge < -0.3 is 15.4 Å². The van der Waals surface area contributed by atoms with Crippen molar-refractivity contribution in [2.45, 2.75) is 37.3 Å². The lowest BCUT2D eigenvalue weighted by Gasteiger charge is -2.51. The van der Waals surface area contributed by atoms with Gasteiger partial charge in [-0.05, 0) is 91.5 Å². The normalized spacial score (nSPS) is 23.2. The van der Waals surface area contributed by atoms with Gasteiger partial charge >= 0.3 is 12.4 Å². The molecule has 4 heterocycles. The summed E-state index contributed by atoms with van der Waals surface area (Å²) >= 11 is 5.50. The minimum Gasteiger partial charge on any atom is -0.497 e. The molecule has 3 fully saturated rings. The van der Waals surface area contributed by atoms with E-state index in [2.05, 4.69) is 27.1 Å². The summed E-state index contributed by atoms with van der Waals surface area (Å²) in [5, 5.41) is 6.56. The number of anilines is 1. The number of methoxy groups -OCH3 is 1. The highest BCUT2D eigenvalue weighted by molar-refractivity contribution is 7.80. The summed E-state index contributed by atoms with van der Waals surface area (Å²) in [7, 11) is 1.55. The molecule has 2 aromatic carbocycles. The van der Waals surface area contributed by atoms with Crippen molar-refractivity contribution >= 4 is 33.9 Å². The molecule has 0 aliphatic carbocycles. The molecule has 4 unspecified atom stereocenters. The van der Waals surface area contributed by atoms with Crippen molar-refractivity contribution < 1.29 is 31.1 Å². The molecule has 3 aliphatic rings. The summed E-state index contributed by atoms with van der Waals surface area (Å²) in [5.41, 5.74) is -1.69. The number of hydrogen-bond donors (Lipinski definition) is 2. The number of halogens is 6. The van der Waals surface area contributed by atoms with Gasteiger partial charge in [-0.25, -0.2) is 0 Å².